The molecule has 0 saturated heterocycles. The van der Waals surface area contributed by atoms with Crippen molar-refractivity contribution in [2.24, 2.45) is 0 Å². The molecule has 82 valence electrons. The Hall–Kier alpha value is -2.10. The van der Waals surface area contributed by atoms with Gasteiger partial charge in [0.05, 0.1) is 11.3 Å². The Bertz CT molecular complexity index is 507. The van der Waals surface area contributed by atoms with Crippen LogP contribution >= 0.6 is 0 Å². The average Bonchev–Trinajstić information content (AvgIpc) is 2.59. The molecule has 2 N–H and O–H groups in total. The van der Waals surface area contributed by atoms with E-state index in [1.807, 2.05) is 13.8 Å². The van der Waals surface area contributed by atoms with Crippen LogP contribution in [-0.4, -0.2) is 21.0 Å². The molecule has 16 heavy (non-hydrogen) atoms. The van der Waals surface area contributed by atoms with Crippen LogP contribution in [0.15, 0.2) is 24.3 Å². The Balaban J connectivity index is 2.38. The molecule has 0 unspecified atom stereocenters. The third-order valence-electron chi connectivity index (χ3n) is 2.53. The smallest absolute Gasteiger partial charge is 0.335 e. The molecule has 1 heterocycles. The molecule has 0 saturated carbocycles. The third-order valence-corrected chi connectivity index (χ3v) is 2.53. The van der Waals surface area contributed by atoms with E-state index in [9.17, 15) is 4.79 Å². The fraction of sp³-hybridized carbons (Fsp3) is 0.167. The molecule has 0 spiro atoms. The standard InChI is InChI=1S/C12H12N2O2/c1-7-8(2)14-11(13-7)9-3-5-10(6-4-9)12(15)16/h3-6H,1-2H3,(H,13,14)(H,15,16). The Morgan fingerprint density at radius 2 is 1.88 bits per heavy atom. The van der Waals surface area contributed by atoms with Crippen molar-refractivity contribution < 1.29 is 9.90 Å². The molecule has 4 nitrogen and oxygen atoms in total. The summed E-state index contributed by atoms with van der Waals surface area (Å²) in [4.78, 5) is 18.2. The van der Waals surface area contributed by atoms with Crippen LogP contribution < -0.4 is 0 Å². The van der Waals surface area contributed by atoms with Crippen molar-refractivity contribution >= 4 is 5.97 Å². The topological polar surface area (TPSA) is 66.0 Å². The molecule has 4 heteroatoms. The molecule has 1 aromatic carbocycles. The number of hydrogen-bond acceptors (Lipinski definition) is 2. The van der Waals surface area contributed by atoms with E-state index in [4.69, 9.17) is 5.11 Å². The zero-order chi connectivity index (χ0) is 11.7. The summed E-state index contributed by atoms with van der Waals surface area (Å²) in [5.41, 5.74) is 3.15. The van der Waals surface area contributed by atoms with E-state index in [2.05, 4.69) is 9.97 Å². The number of benzene rings is 1. The van der Waals surface area contributed by atoms with Crippen molar-refractivity contribution in [1.29, 1.82) is 0 Å². The predicted octanol–water partition coefficient (Wildman–Crippen LogP) is 2.39. The van der Waals surface area contributed by atoms with Crippen molar-refractivity contribution in [3.63, 3.8) is 0 Å². The van der Waals surface area contributed by atoms with E-state index < -0.39 is 5.97 Å². The number of carboxylic acid groups (broad SMARTS) is 1. The number of carboxylic acids is 1. The first-order valence-electron chi connectivity index (χ1n) is 4.95. The summed E-state index contributed by atoms with van der Waals surface area (Å²) >= 11 is 0. The number of imidazole rings is 1. The highest BCUT2D eigenvalue weighted by molar-refractivity contribution is 5.88. The number of aromatic nitrogens is 2. The second-order valence-corrected chi connectivity index (χ2v) is 3.68. The van der Waals surface area contributed by atoms with Gasteiger partial charge in [-0.3, -0.25) is 0 Å². The highest BCUT2D eigenvalue weighted by atomic mass is 16.4. The van der Waals surface area contributed by atoms with Gasteiger partial charge in [0.2, 0.25) is 0 Å². The number of carbonyl (C=O) groups is 1. The van der Waals surface area contributed by atoms with Crippen molar-refractivity contribution in [1.82, 2.24) is 9.97 Å². The van der Waals surface area contributed by atoms with E-state index in [0.717, 1.165) is 22.8 Å². The van der Waals surface area contributed by atoms with E-state index in [-0.39, 0.29) is 5.56 Å². The number of rotatable bonds is 2. The molecule has 0 aliphatic carbocycles. The quantitative estimate of drug-likeness (QED) is 0.810. The summed E-state index contributed by atoms with van der Waals surface area (Å²) < 4.78 is 0. The van der Waals surface area contributed by atoms with Gasteiger partial charge in [-0.05, 0) is 26.0 Å². The van der Waals surface area contributed by atoms with Gasteiger partial charge in [-0.25, -0.2) is 9.78 Å². The summed E-state index contributed by atoms with van der Waals surface area (Å²) in [7, 11) is 0. The summed E-state index contributed by atoms with van der Waals surface area (Å²) in [6.45, 7) is 3.89. The molecule has 0 bridgehead atoms. The number of aryl methyl sites for hydroxylation is 2. The summed E-state index contributed by atoms with van der Waals surface area (Å²) in [5.74, 6) is -0.148. The van der Waals surface area contributed by atoms with Crippen LogP contribution in [0.5, 0.6) is 0 Å². The van der Waals surface area contributed by atoms with Gasteiger partial charge in [0.15, 0.2) is 0 Å². The van der Waals surface area contributed by atoms with Gasteiger partial charge >= 0.3 is 5.97 Å². The molecule has 0 radical (unpaired) electrons. The number of aromatic carboxylic acids is 1. The molecule has 2 aromatic rings. The van der Waals surface area contributed by atoms with Crippen LogP contribution in [0.4, 0.5) is 0 Å². The molecule has 2 rings (SSSR count). The van der Waals surface area contributed by atoms with Crippen LogP contribution in [0.25, 0.3) is 11.4 Å². The average molecular weight is 216 g/mol. The van der Waals surface area contributed by atoms with Crippen molar-refractivity contribution in [3.8, 4) is 11.4 Å². The second-order valence-electron chi connectivity index (χ2n) is 3.68. The van der Waals surface area contributed by atoms with E-state index >= 15 is 0 Å². The van der Waals surface area contributed by atoms with E-state index in [1.165, 1.54) is 0 Å². The van der Waals surface area contributed by atoms with Crippen LogP contribution in [0, 0.1) is 13.8 Å². The summed E-state index contributed by atoms with van der Waals surface area (Å²) in [6.07, 6.45) is 0. The molecule has 1 aromatic heterocycles. The minimum absolute atomic E-state index is 0.281. The van der Waals surface area contributed by atoms with Gasteiger partial charge < -0.3 is 10.1 Å². The first kappa shape index (κ1) is 10.4. The van der Waals surface area contributed by atoms with Crippen LogP contribution in [-0.2, 0) is 0 Å². The highest BCUT2D eigenvalue weighted by Gasteiger charge is 2.06. The monoisotopic (exact) mass is 216 g/mol. The Morgan fingerprint density at radius 3 is 2.31 bits per heavy atom. The van der Waals surface area contributed by atoms with Gasteiger partial charge in [0.1, 0.15) is 5.82 Å². The van der Waals surface area contributed by atoms with Crippen molar-refractivity contribution in [2.45, 2.75) is 13.8 Å². The van der Waals surface area contributed by atoms with Gasteiger partial charge in [-0.15, -0.1) is 0 Å². The number of nitrogens with zero attached hydrogens (tertiary/aromatic N) is 1. The van der Waals surface area contributed by atoms with Gasteiger partial charge in [-0.2, -0.15) is 0 Å². The normalized spacial score (nSPS) is 10.4. The molecule has 0 atom stereocenters. The Kier molecular flexibility index (Phi) is 2.48. The van der Waals surface area contributed by atoms with Crippen LogP contribution in [0.2, 0.25) is 0 Å². The minimum Gasteiger partial charge on any atom is -0.478 e. The number of H-pyrrole nitrogens is 1. The van der Waals surface area contributed by atoms with E-state index in [0.29, 0.717) is 0 Å². The zero-order valence-corrected chi connectivity index (χ0v) is 9.11. The minimum atomic E-state index is -0.918. The largest absolute Gasteiger partial charge is 0.478 e. The fourth-order valence-corrected chi connectivity index (χ4v) is 1.45. The van der Waals surface area contributed by atoms with Crippen molar-refractivity contribution in [3.05, 3.63) is 41.2 Å². The first-order valence-corrected chi connectivity index (χ1v) is 4.95. The number of aromatic amines is 1. The maximum Gasteiger partial charge on any atom is 0.335 e. The van der Waals surface area contributed by atoms with Gasteiger partial charge in [0.25, 0.3) is 0 Å². The summed E-state index contributed by atoms with van der Waals surface area (Å²) in [6, 6.07) is 6.65. The van der Waals surface area contributed by atoms with Gasteiger partial charge in [0, 0.05) is 11.3 Å². The molecule has 0 aliphatic heterocycles. The highest BCUT2D eigenvalue weighted by Crippen LogP contribution is 2.18. The maximum absolute atomic E-state index is 10.7. The molecule has 0 aliphatic rings. The molecular formula is C12H12N2O2. The van der Waals surface area contributed by atoms with Crippen LogP contribution in [0.3, 0.4) is 0 Å². The fourth-order valence-electron chi connectivity index (χ4n) is 1.45. The predicted molar refractivity (Wildman–Crippen MR) is 60.5 cm³/mol. The van der Waals surface area contributed by atoms with E-state index in [1.54, 1.807) is 24.3 Å². The SMILES string of the molecule is Cc1nc(-c2ccc(C(=O)O)cc2)[nH]c1C. The third kappa shape index (κ3) is 1.82. The molecule has 0 amide bonds. The molecular weight excluding hydrogens is 204 g/mol. The number of nitrogens with one attached hydrogen (secondary N) is 1. The zero-order valence-electron chi connectivity index (χ0n) is 9.11. The lowest BCUT2D eigenvalue weighted by Gasteiger charge is -1.97. The number of hydrogen-bond donors (Lipinski definition) is 2. The summed E-state index contributed by atoms with van der Waals surface area (Å²) in [5, 5.41) is 8.77. The Morgan fingerprint density at radius 1 is 1.25 bits per heavy atom. The first-order chi connectivity index (χ1) is 7.58. The lowest BCUT2D eigenvalue weighted by atomic mass is 10.1. The second kappa shape index (κ2) is 3.81. The van der Waals surface area contributed by atoms with Crippen molar-refractivity contribution in [2.75, 3.05) is 0 Å². The lowest BCUT2D eigenvalue weighted by molar-refractivity contribution is 0.0697. The Labute approximate surface area is 93.0 Å². The maximum atomic E-state index is 10.7. The lowest BCUT2D eigenvalue weighted by Crippen LogP contribution is -1.95. The van der Waals surface area contributed by atoms with Crippen LogP contribution in [0.1, 0.15) is 21.7 Å². The molecule has 0 fully saturated rings. The van der Waals surface area contributed by atoms with Gasteiger partial charge in [-0.1, -0.05) is 12.1 Å².